The molecule has 2 rings (SSSR count). The molecule has 1 heterocycles. The number of hydrogen-bond donors (Lipinski definition) is 4. The highest BCUT2D eigenvalue weighted by Crippen LogP contribution is 2.26. The Bertz CT molecular complexity index is 667. The zero-order valence-electron chi connectivity index (χ0n) is 13.4. The van der Waals surface area contributed by atoms with Crippen LogP contribution in [0, 0.1) is 0 Å². The lowest BCUT2D eigenvalue weighted by molar-refractivity contribution is 0.168. The highest BCUT2D eigenvalue weighted by atomic mass is 35.5. The number of nitrogens with zero attached hydrogens (tertiary/aromatic N) is 1. The van der Waals surface area contributed by atoms with Crippen LogP contribution in [0.5, 0.6) is 0 Å². The van der Waals surface area contributed by atoms with Crippen LogP contribution in [0.15, 0.2) is 36.4 Å². The Hall–Kier alpha value is -2.67. The maximum atomic E-state index is 11.5. The van der Waals surface area contributed by atoms with Gasteiger partial charge in [0.15, 0.2) is 5.82 Å². The Kier molecular flexibility index (Phi) is 7.64. The van der Waals surface area contributed by atoms with E-state index in [2.05, 4.69) is 27.8 Å². The number of halogens is 1. The van der Waals surface area contributed by atoms with E-state index in [0.29, 0.717) is 17.9 Å². The molecule has 24 heavy (non-hydrogen) atoms. The molecule has 0 unspecified atom stereocenters. The highest BCUT2D eigenvalue weighted by Gasteiger charge is 2.10. The van der Waals surface area contributed by atoms with E-state index >= 15 is 0 Å². The Balaban J connectivity index is 0.00000288. The van der Waals surface area contributed by atoms with Gasteiger partial charge in [0, 0.05) is 12.6 Å². The number of nitrogen functional groups attached to an aromatic ring is 2. The van der Waals surface area contributed by atoms with Crippen molar-refractivity contribution in [3.05, 3.63) is 42.0 Å². The molecule has 0 bridgehead atoms. The summed E-state index contributed by atoms with van der Waals surface area (Å²) in [5, 5.41) is 5.72. The standard InChI is InChI=1S/C16H21N5O2.ClH/c1-2-23-16(22)21-13-10-12(14(17)15(18)20-13)19-9-8-11-6-4-3-5-7-11;/h3-7,10H,2,8-9,17H2,1H3,(H4,18,19,20,21,22);1H. The quantitative estimate of drug-likeness (QED) is 0.636. The van der Waals surface area contributed by atoms with Crippen molar-refractivity contribution >= 4 is 41.5 Å². The lowest BCUT2D eigenvalue weighted by atomic mass is 10.1. The fourth-order valence-electron chi connectivity index (χ4n) is 2.04. The number of anilines is 4. The molecule has 8 heteroatoms. The summed E-state index contributed by atoms with van der Waals surface area (Å²) in [4.78, 5) is 15.5. The highest BCUT2D eigenvalue weighted by molar-refractivity contribution is 5.87. The summed E-state index contributed by atoms with van der Waals surface area (Å²) in [6.45, 7) is 2.68. The third-order valence-electron chi connectivity index (χ3n) is 3.17. The second kappa shape index (κ2) is 9.46. The summed E-state index contributed by atoms with van der Waals surface area (Å²) in [5.74, 6) is 0.443. The van der Waals surface area contributed by atoms with Crippen LogP contribution in [0.1, 0.15) is 12.5 Å². The SMILES string of the molecule is CCOC(=O)Nc1cc(NCCc2ccccc2)c(N)c(N)n1.Cl. The fourth-order valence-corrected chi connectivity index (χ4v) is 2.04. The van der Waals surface area contributed by atoms with Crippen molar-refractivity contribution in [3.8, 4) is 0 Å². The van der Waals surface area contributed by atoms with Crippen LogP contribution in [0.4, 0.5) is 27.8 Å². The predicted molar refractivity (Wildman–Crippen MR) is 99.6 cm³/mol. The van der Waals surface area contributed by atoms with Crippen molar-refractivity contribution in [2.75, 3.05) is 35.3 Å². The molecule has 2 aromatic rings. The van der Waals surface area contributed by atoms with Crippen molar-refractivity contribution in [1.29, 1.82) is 0 Å². The molecular formula is C16H22ClN5O2. The van der Waals surface area contributed by atoms with Crippen molar-refractivity contribution in [1.82, 2.24) is 4.98 Å². The molecule has 0 spiro atoms. The number of nitrogens with one attached hydrogen (secondary N) is 2. The second-order valence-corrected chi connectivity index (χ2v) is 4.86. The van der Waals surface area contributed by atoms with E-state index in [9.17, 15) is 4.79 Å². The van der Waals surface area contributed by atoms with E-state index in [1.807, 2.05) is 18.2 Å². The smallest absolute Gasteiger partial charge is 0.412 e. The third kappa shape index (κ3) is 5.51. The lowest BCUT2D eigenvalue weighted by Crippen LogP contribution is -2.16. The minimum atomic E-state index is -0.584. The van der Waals surface area contributed by atoms with Crippen molar-refractivity contribution in [2.45, 2.75) is 13.3 Å². The number of carbonyl (C=O) groups excluding carboxylic acids is 1. The van der Waals surface area contributed by atoms with Crippen LogP contribution in [-0.4, -0.2) is 24.2 Å². The topological polar surface area (TPSA) is 115 Å². The Labute approximate surface area is 147 Å². The van der Waals surface area contributed by atoms with Gasteiger partial charge in [0.2, 0.25) is 0 Å². The first-order chi connectivity index (χ1) is 11.1. The number of ether oxygens (including phenoxy) is 1. The van der Waals surface area contributed by atoms with Gasteiger partial charge in [-0.1, -0.05) is 30.3 Å². The largest absolute Gasteiger partial charge is 0.450 e. The number of carbonyl (C=O) groups is 1. The average Bonchev–Trinajstić information content (AvgIpc) is 2.53. The number of nitrogens with two attached hydrogens (primary N) is 2. The first kappa shape index (κ1) is 19.4. The van der Waals surface area contributed by atoms with Gasteiger partial charge < -0.3 is 21.5 Å². The zero-order chi connectivity index (χ0) is 16.7. The number of rotatable bonds is 6. The van der Waals surface area contributed by atoms with E-state index in [-0.39, 0.29) is 30.6 Å². The minimum absolute atomic E-state index is 0. The number of amides is 1. The summed E-state index contributed by atoms with van der Waals surface area (Å²) in [5.41, 5.74) is 13.9. The maximum absolute atomic E-state index is 11.5. The van der Waals surface area contributed by atoms with Crippen molar-refractivity contribution in [3.63, 3.8) is 0 Å². The van der Waals surface area contributed by atoms with Crippen LogP contribution in [-0.2, 0) is 11.2 Å². The van der Waals surface area contributed by atoms with Gasteiger partial charge in [-0.2, -0.15) is 0 Å². The van der Waals surface area contributed by atoms with Crippen LogP contribution >= 0.6 is 12.4 Å². The number of benzene rings is 1. The summed E-state index contributed by atoms with van der Waals surface area (Å²) in [6.07, 6.45) is 0.253. The molecule has 0 fully saturated rings. The Morgan fingerprint density at radius 1 is 1.25 bits per heavy atom. The van der Waals surface area contributed by atoms with E-state index in [1.54, 1.807) is 13.0 Å². The lowest BCUT2D eigenvalue weighted by Gasteiger charge is -2.13. The van der Waals surface area contributed by atoms with Gasteiger partial charge in [-0.05, 0) is 18.9 Å². The minimum Gasteiger partial charge on any atom is -0.450 e. The molecular weight excluding hydrogens is 330 g/mol. The molecule has 130 valence electrons. The Morgan fingerprint density at radius 2 is 1.96 bits per heavy atom. The average molecular weight is 352 g/mol. The normalized spacial score (nSPS) is 9.71. The predicted octanol–water partition coefficient (Wildman–Crippen LogP) is 2.89. The van der Waals surface area contributed by atoms with E-state index < -0.39 is 6.09 Å². The molecule has 7 nitrogen and oxygen atoms in total. The summed E-state index contributed by atoms with van der Waals surface area (Å²) >= 11 is 0. The van der Waals surface area contributed by atoms with Gasteiger partial charge in [-0.25, -0.2) is 9.78 Å². The van der Waals surface area contributed by atoms with Gasteiger partial charge in [-0.15, -0.1) is 12.4 Å². The van der Waals surface area contributed by atoms with Gasteiger partial charge in [0.05, 0.1) is 18.0 Å². The van der Waals surface area contributed by atoms with Gasteiger partial charge in [-0.3, -0.25) is 5.32 Å². The summed E-state index contributed by atoms with van der Waals surface area (Å²) in [7, 11) is 0. The molecule has 0 saturated heterocycles. The maximum Gasteiger partial charge on any atom is 0.412 e. The van der Waals surface area contributed by atoms with Gasteiger partial charge in [0.1, 0.15) is 5.82 Å². The molecule has 0 saturated carbocycles. The van der Waals surface area contributed by atoms with E-state index in [0.717, 1.165) is 6.42 Å². The van der Waals surface area contributed by atoms with Crippen molar-refractivity contribution < 1.29 is 9.53 Å². The first-order valence-corrected chi connectivity index (χ1v) is 7.37. The molecule has 0 aliphatic rings. The monoisotopic (exact) mass is 351 g/mol. The van der Waals surface area contributed by atoms with Crippen LogP contribution in [0.3, 0.4) is 0 Å². The third-order valence-corrected chi connectivity index (χ3v) is 3.17. The number of pyridine rings is 1. The summed E-state index contributed by atoms with van der Waals surface area (Å²) < 4.78 is 4.81. The molecule has 0 atom stereocenters. The second-order valence-electron chi connectivity index (χ2n) is 4.86. The molecule has 6 N–H and O–H groups in total. The van der Waals surface area contributed by atoms with Gasteiger partial charge in [0.25, 0.3) is 0 Å². The molecule has 1 aromatic carbocycles. The van der Waals surface area contributed by atoms with Crippen molar-refractivity contribution in [2.24, 2.45) is 0 Å². The Morgan fingerprint density at radius 3 is 2.62 bits per heavy atom. The zero-order valence-corrected chi connectivity index (χ0v) is 14.2. The first-order valence-electron chi connectivity index (χ1n) is 7.37. The number of aromatic nitrogens is 1. The fraction of sp³-hybridized carbons (Fsp3) is 0.250. The molecule has 1 aromatic heterocycles. The van der Waals surface area contributed by atoms with Crippen LogP contribution < -0.4 is 22.1 Å². The van der Waals surface area contributed by atoms with E-state index in [1.165, 1.54) is 5.56 Å². The molecule has 0 aliphatic heterocycles. The van der Waals surface area contributed by atoms with E-state index in [4.69, 9.17) is 16.2 Å². The summed E-state index contributed by atoms with van der Waals surface area (Å²) in [6, 6.07) is 11.7. The molecule has 0 aliphatic carbocycles. The molecule has 0 radical (unpaired) electrons. The molecule has 1 amide bonds. The van der Waals surface area contributed by atoms with Crippen LogP contribution in [0.2, 0.25) is 0 Å². The van der Waals surface area contributed by atoms with Gasteiger partial charge >= 0.3 is 6.09 Å². The number of hydrogen-bond acceptors (Lipinski definition) is 6. The van der Waals surface area contributed by atoms with Crippen LogP contribution in [0.25, 0.3) is 0 Å².